The third-order valence-corrected chi connectivity index (χ3v) is 4.22. The first-order chi connectivity index (χ1) is 8.26. The minimum atomic E-state index is 0.726. The van der Waals surface area contributed by atoms with E-state index in [1.807, 2.05) is 12.1 Å². The predicted molar refractivity (Wildman–Crippen MR) is 70.9 cm³/mol. The zero-order valence-electron chi connectivity index (χ0n) is 9.49. The number of hydrogen-bond donors (Lipinski definition) is 1. The lowest BCUT2D eigenvalue weighted by atomic mass is 10.0. The predicted octanol–water partition coefficient (Wildman–Crippen LogP) is 1.98. The van der Waals surface area contributed by atoms with Crippen LogP contribution in [0.1, 0.15) is 5.56 Å². The maximum Gasteiger partial charge on any atom is 0.0992 e. The van der Waals surface area contributed by atoms with Crippen LogP contribution < -0.4 is 10.2 Å². The maximum absolute atomic E-state index is 8.99. The first kappa shape index (κ1) is 11.1. The summed E-state index contributed by atoms with van der Waals surface area (Å²) in [5, 5.41) is 12.4. The topological polar surface area (TPSA) is 39.1 Å². The molecule has 0 spiro atoms. The number of rotatable bonds is 1. The molecule has 2 aliphatic rings. The standard InChI is InChI=1S/C13H14BrN3/c14-12-1-9(4-15)2-13(3-12)17-7-10-5-16-6-11(10)8-17/h1-3,10-11,16H,5-8H2. The van der Waals surface area contributed by atoms with Crippen LogP contribution >= 0.6 is 15.9 Å². The summed E-state index contributed by atoms with van der Waals surface area (Å²) in [7, 11) is 0. The molecule has 2 aliphatic heterocycles. The molecule has 2 saturated heterocycles. The number of hydrogen-bond acceptors (Lipinski definition) is 3. The summed E-state index contributed by atoms with van der Waals surface area (Å²) >= 11 is 3.47. The Labute approximate surface area is 110 Å². The van der Waals surface area contributed by atoms with E-state index in [0.29, 0.717) is 0 Å². The number of halogens is 1. The van der Waals surface area contributed by atoms with Crippen LogP contribution in [0.15, 0.2) is 22.7 Å². The van der Waals surface area contributed by atoms with E-state index in [0.717, 1.165) is 48.1 Å². The van der Waals surface area contributed by atoms with E-state index in [2.05, 4.69) is 38.3 Å². The first-order valence-electron chi connectivity index (χ1n) is 5.92. The molecule has 0 saturated carbocycles. The Kier molecular flexibility index (Phi) is 2.81. The largest absolute Gasteiger partial charge is 0.371 e. The molecule has 1 N–H and O–H groups in total. The van der Waals surface area contributed by atoms with Gasteiger partial charge in [-0.25, -0.2) is 0 Å². The molecule has 2 heterocycles. The monoisotopic (exact) mass is 291 g/mol. The van der Waals surface area contributed by atoms with Crippen molar-refractivity contribution in [3.63, 3.8) is 0 Å². The van der Waals surface area contributed by atoms with Crippen LogP contribution in [0.5, 0.6) is 0 Å². The lowest BCUT2D eigenvalue weighted by Crippen LogP contribution is -2.25. The van der Waals surface area contributed by atoms with Gasteiger partial charge in [0, 0.05) is 36.3 Å². The van der Waals surface area contributed by atoms with Crippen LogP contribution in [-0.2, 0) is 0 Å². The highest BCUT2D eigenvalue weighted by molar-refractivity contribution is 9.10. The van der Waals surface area contributed by atoms with Crippen LogP contribution in [0.25, 0.3) is 0 Å². The van der Waals surface area contributed by atoms with E-state index in [1.54, 1.807) is 0 Å². The average Bonchev–Trinajstić information content (AvgIpc) is 2.88. The van der Waals surface area contributed by atoms with Gasteiger partial charge in [-0.15, -0.1) is 0 Å². The van der Waals surface area contributed by atoms with Gasteiger partial charge in [0.05, 0.1) is 11.6 Å². The lowest BCUT2D eigenvalue weighted by Gasteiger charge is -2.20. The number of nitrogens with zero attached hydrogens (tertiary/aromatic N) is 2. The molecule has 0 amide bonds. The molecule has 17 heavy (non-hydrogen) atoms. The highest BCUT2D eigenvalue weighted by Gasteiger charge is 2.36. The van der Waals surface area contributed by atoms with Crippen LogP contribution in [0, 0.1) is 23.2 Å². The Morgan fingerprint density at radius 1 is 1.24 bits per heavy atom. The van der Waals surface area contributed by atoms with Crippen LogP contribution in [0.2, 0.25) is 0 Å². The highest BCUT2D eigenvalue weighted by Crippen LogP contribution is 2.32. The number of nitriles is 1. The highest BCUT2D eigenvalue weighted by atomic mass is 79.9. The average molecular weight is 292 g/mol. The van der Waals surface area contributed by atoms with Gasteiger partial charge < -0.3 is 10.2 Å². The van der Waals surface area contributed by atoms with E-state index in [9.17, 15) is 0 Å². The fourth-order valence-corrected chi connectivity index (χ4v) is 3.37. The van der Waals surface area contributed by atoms with E-state index >= 15 is 0 Å². The summed E-state index contributed by atoms with van der Waals surface area (Å²) in [6.07, 6.45) is 0. The normalized spacial score (nSPS) is 26.9. The molecule has 2 fully saturated rings. The Balaban J connectivity index is 1.86. The minimum absolute atomic E-state index is 0.726. The van der Waals surface area contributed by atoms with Gasteiger partial charge in [0.15, 0.2) is 0 Å². The molecule has 1 aromatic carbocycles. The second kappa shape index (κ2) is 4.32. The summed E-state index contributed by atoms with van der Waals surface area (Å²) in [5.74, 6) is 1.55. The summed E-state index contributed by atoms with van der Waals surface area (Å²) in [6.45, 7) is 4.50. The van der Waals surface area contributed by atoms with Gasteiger partial charge >= 0.3 is 0 Å². The molecule has 0 radical (unpaired) electrons. The van der Waals surface area contributed by atoms with Crippen molar-refractivity contribution < 1.29 is 0 Å². The zero-order chi connectivity index (χ0) is 11.8. The molecule has 3 rings (SSSR count). The van der Waals surface area contributed by atoms with Gasteiger partial charge in [0.1, 0.15) is 0 Å². The molecule has 3 nitrogen and oxygen atoms in total. The molecular formula is C13H14BrN3. The van der Waals surface area contributed by atoms with E-state index in [4.69, 9.17) is 5.26 Å². The third-order valence-electron chi connectivity index (χ3n) is 3.77. The van der Waals surface area contributed by atoms with Gasteiger partial charge in [0.25, 0.3) is 0 Å². The van der Waals surface area contributed by atoms with Crippen molar-refractivity contribution in [3.05, 3.63) is 28.2 Å². The van der Waals surface area contributed by atoms with Gasteiger partial charge in [-0.3, -0.25) is 0 Å². The van der Waals surface area contributed by atoms with Crippen LogP contribution in [0.4, 0.5) is 5.69 Å². The van der Waals surface area contributed by atoms with E-state index in [-0.39, 0.29) is 0 Å². The Morgan fingerprint density at radius 3 is 2.59 bits per heavy atom. The van der Waals surface area contributed by atoms with Crippen molar-refractivity contribution in [2.24, 2.45) is 11.8 Å². The first-order valence-corrected chi connectivity index (χ1v) is 6.72. The summed E-state index contributed by atoms with van der Waals surface area (Å²) < 4.78 is 0.988. The SMILES string of the molecule is N#Cc1cc(Br)cc(N2CC3CNCC3C2)c1. The van der Waals surface area contributed by atoms with Crippen molar-refractivity contribution in [1.82, 2.24) is 5.32 Å². The number of fused-ring (bicyclic) bond motifs is 1. The van der Waals surface area contributed by atoms with Crippen molar-refractivity contribution in [2.75, 3.05) is 31.1 Å². The number of benzene rings is 1. The zero-order valence-corrected chi connectivity index (χ0v) is 11.1. The fraction of sp³-hybridized carbons (Fsp3) is 0.462. The second-order valence-corrected chi connectivity index (χ2v) is 5.81. The fourth-order valence-electron chi connectivity index (χ4n) is 2.89. The third kappa shape index (κ3) is 2.05. The second-order valence-electron chi connectivity index (χ2n) is 4.89. The molecule has 4 heteroatoms. The molecular weight excluding hydrogens is 278 g/mol. The van der Waals surface area contributed by atoms with Crippen molar-refractivity contribution >= 4 is 21.6 Å². The summed E-state index contributed by atoms with van der Waals surface area (Å²) in [5.41, 5.74) is 1.90. The molecule has 2 atom stereocenters. The summed E-state index contributed by atoms with van der Waals surface area (Å²) in [4.78, 5) is 2.40. The van der Waals surface area contributed by atoms with Crippen LogP contribution in [0.3, 0.4) is 0 Å². The quantitative estimate of drug-likeness (QED) is 0.860. The summed E-state index contributed by atoms with van der Waals surface area (Å²) in [6, 6.07) is 8.17. The van der Waals surface area contributed by atoms with E-state index in [1.165, 1.54) is 5.69 Å². The molecule has 88 valence electrons. The smallest absolute Gasteiger partial charge is 0.0992 e. The molecule has 2 unspecified atom stereocenters. The Hall–Kier alpha value is -1.05. The minimum Gasteiger partial charge on any atom is -0.371 e. The van der Waals surface area contributed by atoms with Gasteiger partial charge in [0.2, 0.25) is 0 Å². The Bertz CT molecular complexity index is 468. The molecule has 0 aliphatic carbocycles. The van der Waals surface area contributed by atoms with Gasteiger partial charge in [-0.05, 0) is 30.0 Å². The number of nitrogens with one attached hydrogen (secondary N) is 1. The lowest BCUT2D eigenvalue weighted by molar-refractivity contribution is 0.533. The molecule has 0 bridgehead atoms. The van der Waals surface area contributed by atoms with Crippen molar-refractivity contribution in [2.45, 2.75) is 0 Å². The number of anilines is 1. The van der Waals surface area contributed by atoms with E-state index < -0.39 is 0 Å². The van der Waals surface area contributed by atoms with Gasteiger partial charge in [-0.2, -0.15) is 5.26 Å². The van der Waals surface area contributed by atoms with Crippen molar-refractivity contribution in [3.8, 4) is 6.07 Å². The van der Waals surface area contributed by atoms with Gasteiger partial charge in [-0.1, -0.05) is 15.9 Å². The molecule has 1 aromatic rings. The Morgan fingerprint density at radius 2 is 1.94 bits per heavy atom. The maximum atomic E-state index is 8.99. The molecule has 0 aromatic heterocycles. The van der Waals surface area contributed by atoms with Crippen molar-refractivity contribution in [1.29, 1.82) is 5.26 Å². The van der Waals surface area contributed by atoms with Crippen LogP contribution in [-0.4, -0.2) is 26.2 Å².